The molecule has 0 aliphatic heterocycles. The van der Waals surface area contributed by atoms with Gasteiger partial charge in [-0.25, -0.2) is 9.37 Å². The minimum atomic E-state index is -1.06. The predicted octanol–water partition coefficient (Wildman–Crippen LogP) is 3.87. The van der Waals surface area contributed by atoms with E-state index in [1.54, 1.807) is 36.4 Å². The first-order valence-corrected chi connectivity index (χ1v) is 10.4. The second kappa shape index (κ2) is 8.04. The highest BCUT2D eigenvalue weighted by molar-refractivity contribution is 7.17. The van der Waals surface area contributed by atoms with E-state index in [1.165, 1.54) is 17.2 Å². The lowest BCUT2D eigenvalue weighted by Crippen LogP contribution is -2.43. The summed E-state index contributed by atoms with van der Waals surface area (Å²) in [5, 5.41) is 0.456. The molecule has 4 N–H and O–H groups in total. The highest BCUT2D eigenvalue weighted by atomic mass is 35.5. The standard InChI is InChI=1S/C21H18ClFN4O2S/c22-12-8-14-13(15(23)9-12)6-7-16(14)27(20(29)17-10-26-21(25)30-17)18(19(24)28)11-4-2-1-3-5-11/h1-5,8-10,16,18H,6-7H2,(H2,24,28)(H2,25,26)/t16-,18-/m1/s1. The molecule has 4 rings (SSSR count). The number of halogens is 2. The molecule has 2 atom stereocenters. The summed E-state index contributed by atoms with van der Waals surface area (Å²) in [5.74, 6) is -1.57. The molecule has 0 fully saturated rings. The van der Waals surface area contributed by atoms with Gasteiger partial charge in [-0.15, -0.1) is 0 Å². The van der Waals surface area contributed by atoms with E-state index in [1.807, 2.05) is 0 Å². The molecule has 1 aromatic heterocycles. The molecule has 2 aromatic carbocycles. The van der Waals surface area contributed by atoms with E-state index in [0.717, 1.165) is 11.3 Å². The highest BCUT2D eigenvalue weighted by Gasteiger charge is 2.40. The van der Waals surface area contributed by atoms with Crippen LogP contribution in [0.4, 0.5) is 9.52 Å². The number of nitrogen functional groups attached to an aromatic ring is 1. The van der Waals surface area contributed by atoms with Crippen LogP contribution in [0.2, 0.25) is 5.02 Å². The molecule has 9 heteroatoms. The molecular weight excluding hydrogens is 427 g/mol. The Morgan fingerprint density at radius 2 is 2.00 bits per heavy atom. The summed E-state index contributed by atoms with van der Waals surface area (Å²) in [7, 11) is 0. The van der Waals surface area contributed by atoms with Crippen molar-refractivity contribution in [3.05, 3.63) is 81.1 Å². The third kappa shape index (κ3) is 3.64. The molecular formula is C21H18ClFN4O2S. The molecule has 2 amide bonds. The molecule has 6 nitrogen and oxygen atoms in total. The monoisotopic (exact) mass is 444 g/mol. The second-order valence-electron chi connectivity index (χ2n) is 7.00. The fourth-order valence-electron chi connectivity index (χ4n) is 3.96. The Morgan fingerprint density at radius 3 is 2.63 bits per heavy atom. The van der Waals surface area contributed by atoms with Crippen LogP contribution >= 0.6 is 22.9 Å². The van der Waals surface area contributed by atoms with Gasteiger partial charge < -0.3 is 16.4 Å². The Bertz CT molecular complexity index is 1120. The molecule has 1 aliphatic carbocycles. The lowest BCUT2D eigenvalue weighted by atomic mass is 9.99. The van der Waals surface area contributed by atoms with Crippen molar-refractivity contribution in [2.24, 2.45) is 5.73 Å². The molecule has 3 aromatic rings. The predicted molar refractivity (Wildman–Crippen MR) is 114 cm³/mol. The number of nitrogens with two attached hydrogens (primary N) is 2. The van der Waals surface area contributed by atoms with Crippen molar-refractivity contribution >= 4 is 39.9 Å². The van der Waals surface area contributed by atoms with Crippen LogP contribution in [0.5, 0.6) is 0 Å². The molecule has 30 heavy (non-hydrogen) atoms. The van der Waals surface area contributed by atoms with Gasteiger partial charge in [-0.1, -0.05) is 53.3 Å². The number of carbonyl (C=O) groups is 2. The van der Waals surface area contributed by atoms with Crippen LogP contribution in [0.1, 0.15) is 44.9 Å². The summed E-state index contributed by atoms with van der Waals surface area (Å²) in [6.07, 6.45) is 2.22. The Kier molecular flexibility index (Phi) is 5.44. The van der Waals surface area contributed by atoms with Gasteiger partial charge in [0.15, 0.2) is 5.13 Å². The van der Waals surface area contributed by atoms with Gasteiger partial charge in [-0.05, 0) is 41.7 Å². The normalized spacial score (nSPS) is 16.1. The number of fused-ring (bicyclic) bond motifs is 1. The van der Waals surface area contributed by atoms with Crippen molar-refractivity contribution < 1.29 is 14.0 Å². The van der Waals surface area contributed by atoms with Gasteiger partial charge in [0.05, 0.1) is 12.2 Å². The molecule has 1 aliphatic rings. The average Bonchev–Trinajstić information content (AvgIpc) is 3.32. The van der Waals surface area contributed by atoms with Crippen LogP contribution in [-0.4, -0.2) is 21.7 Å². The van der Waals surface area contributed by atoms with Crippen molar-refractivity contribution in [1.82, 2.24) is 9.88 Å². The molecule has 0 bridgehead atoms. The van der Waals surface area contributed by atoms with Gasteiger partial charge in [-0.3, -0.25) is 9.59 Å². The van der Waals surface area contributed by atoms with E-state index in [0.29, 0.717) is 29.5 Å². The van der Waals surface area contributed by atoms with E-state index >= 15 is 0 Å². The number of carbonyl (C=O) groups excluding carboxylic acids is 2. The average molecular weight is 445 g/mol. The smallest absolute Gasteiger partial charge is 0.267 e. The zero-order chi connectivity index (χ0) is 21.4. The Morgan fingerprint density at radius 1 is 1.27 bits per heavy atom. The SMILES string of the molecule is NC(=O)[C@@H](c1ccccc1)N(C(=O)c1cnc(N)s1)[C@@H]1CCc2c(F)cc(Cl)cc21. The zero-order valence-corrected chi connectivity index (χ0v) is 17.3. The molecule has 0 saturated heterocycles. The maximum Gasteiger partial charge on any atom is 0.267 e. The van der Waals surface area contributed by atoms with Crippen molar-refractivity contribution in [3.63, 3.8) is 0 Å². The van der Waals surface area contributed by atoms with Gasteiger partial charge in [0, 0.05) is 5.02 Å². The number of rotatable bonds is 5. The number of primary amides is 1. The van der Waals surface area contributed by atoms with E-state index in [4.69, 9.17) is 23.1 Å². The highest BCUT2D eigenvalue weighted by Crippen LogP contribution is 2.43. The van der Waals surface area contributed by atoms with E-state index in [-0.39, 0.29) is 15.0 Å². The van der Waals surface area contributed by atoms with Crippen molar-refractivity contribution in [3.8, 4) is 0 Å². The van der Waals surface area contributed by atoms with E-state index in [9.17, 15) is 14.0 Å². The summed E-state index contributed by atoms with van der Waals surface area (Å²) in [6.45, 7) is 0. The largest absolute Gasteiger partial charge is 0.375 e. The number of hydrogen-bond acceptors (Lipinski definition) is 5. The first kappa shape index (κ1) is 20.3. The third-order valence-corrected chi connectivity index (χ3v) is 6.22. The summed E-state index contributed by atoms with van der Waals surface area (Å²) in [5.41, 5.74) is 13.1. The first-order chi connectivity index (χ1) is 14.4. The number of amides is 2. The van der Waals surface area contributed by atoms with Crippen LogP contribution in [-0.2, 0) is 11.2 Å². The Balaban J connectivity index is 1.87. The van der Waals surface area contributed by atoms with Crippen LogP contribution in [0.3, 0.4) is 0 Å². The molecule has 0 radical (unpaired) electrons. The van der Waals surface area contributed by atoms with Crippen molar-refractivity contribution in [2.45, 2.75) is 24.9 Å². The number of nitrogens with zero attached hydrogens (tertiary/aromatic N) is 2. The van der Waals surface area contributed by atoms with Crippen LogP contribution in [0, 0.1) is 5.82 Å². The molecule has 1 heterocycles. The quantitative estimate of drug-likeness (QED) is 0.623. The Labute approximate surface area is 181 Å². The first-order valence-electron chi connectivity index (χ1n) is 9.23. The maximum atomic E-state index is 14.5. The lowest BCUT2D eigenvalue weighted by molar-refractivity contribution is -0.123. The van der Waals surface area contributed by atoms with Gasteiger partial charge in [0.1, 0.15) is 16.7 Å². The summed E-state index contributed by atoms with van der Waals surface area (Å²) in [6, 6.07) is 10.0. The lowest BCUT2D eigenvalue weighted by Gasteiger charge is -2.35. The topological polar surface area (TPSA) is 102 Å². The van der Waals surface area contributed by atoms with Crippen LogP contribution < -0.4 is 11.5 Å². The maximum absolute atomic E-state index is 14.5. The molecule has 0 spiro atoms. The summed E-state index contributed by atoms with van der Waals surface area (Å²) >= 11 is 7.12. The van der Waals surface area contributed by atoms with E-state index in [2.05, 4.69) is 4.98 Å². The fourth-order valence-corrected chi connectivity index (χ4v) is 4.80. The van der Waals surface area contributed by atoms with Crippen LogP contribution in [0.15, 0.2) is 48.7 Å². The number of benzene rings is 2. The van der Waals surface area contributed by atoms with Crippen molar-refractivity contribution in [2.75, 3.05) is 5.73 Å². The number of aromatic nitrogens is 1. The molecule has 0 saturated carbocycles. The number of thiazole rings is 1. The van der Waals surface area contributed by atoms with Gasteiger partial charge in [0.2, 0.25) is 5.91 Å². The van der Waals surface area contributed by atoms with Gasteiger partial charge >= 0.3 is 0 Å². The van der Waals surface area contributed by atoms with Gasteiger partial charge in [0.25, 0.3) is 5.91 Å². The molecule has 154 valence electrons. The number of hydrogen-bond donors (Lipinski definition) is 2. The van der Waals surface area contributed by atoms with Gasteiger partial charge in [-0.2, -0.15) is 0 Å². The molecule has 0 unspecified atom stereocenters. The van der Waals surface area contributed by atoms with Crippen molar-refractivity contribution in [1.29, 1.82) is 0 Å². The van der Waals surface area contributed by atoms with Crippen LogP contribution in [0.25, 0.3) is 0 Å². The minimum Gasteiger partial charge on any atom is -0.375 e. The zero-order valence-electron chi connectivity index (χ0n) is 15.7. The second-order valence-corrected chi connectivity index (χ2v) is 8.50. The number of anilines is 1. The third-order valence-electron chi connectivity index (χ3n) is 5.19. The fraction of sp³-hybridized carbons (Fsp3) is 0.190. The van der Waals surface area contributed by atoms with E-state index < -0.39 is 29.7 Å². The Hall–Kier alpha value is -2.97. The minimum absolute atomic E-state index is 0.225. The summed E-state index contributed by atoms with van der Waals surface area (Å²) < 4.78 is 14.5. The summed E-state index contributed by atoms with van der Waals surface area (Å²) in [4.78, 5) is 31.8.